The Morgan fingerprint density at radius 2 is 2.00 bits per heavy atom. The maximum Gasteiger partial charge on any atom is 0.252 e. The number of pyridine rings is 1. The summed E-state index contributed by atoms with van der Waals surface area (Å²) >= 11 is 0. The Balaban J connectivity index is 1.97. The van der Waals surface area contributed by atoms with Gasteiger partial charge in [-0.05, 0) is 25.2 Å². The van der Waals surface area contributed by atoms with Crippen molar-refractivity contribution in [2.45, 2.75) is 13.8 Å². The first-order chi connectivity index (χ1) is 9.74. The number of hydrogen-bond acceptors (Lipinski definition) is 3. The van der Waals surface area contributed by atoms with E-state index in [-0.39, 0.29) is 5.91 Å². The number of rotatable bonds is 6. The highest BCUT2D eigenvalue weighted by molar-refractivity contribution is 5.97. The zero-order chi connectivity index (χ0) is 14.4. The number of hydrogen-bond donors (Lipinski definition) is 1. The summed E-state index contributed by atoms with van der Waals surface area (Å²) < 4.78 is 0. The lowest BCUT2D eigenvalue weighted by atomic mass is 10.1. The van der Waals surface area contributed by atoms with Crippen LogP contribution in [0.25, 0.3) is 10.9 Å². The van der Waals surface area contributed by atoms with E-state index < -0.39 is 0 Å². The van der Waals surface area contributed by atoms with Crippen molar-refractivity contribution in [1.29, 1.82) is 0 Å². The molecular formula is C16H21N3O. The van der Waals surface area contributed by atoms with Crippen LogP contribution in [0.5, 0.6) is 0 Å². The molecule has 4 nitrogen and oxygen atoms in total. The summed E-state index contributed by atoms with van der Waals surface area (Å²) in [7, 11) is 0. The topological polar surface area (TPSA) is 45.2 Å². The Kier molecular flexibility index (Phi) is 5.07. The molecule has 1 aromatic heterocycles. The van der Waals surface area contributed by atoms with E-state index >= 15 is 0 Å². The number of aromatic nitrogens is 1. The Bertz CT molecular complexity index is 579. The lowest BCUT2D eigenvalue weighted by molar-refractivity contribution is 0.0948. The molecular weight excluding hydrogens is 250 g/mol. The van der Waals surface area contributed by atoms with E-state index in [4.69, 9.17) is 0 Å². The monoisotopic (exact) mass is 271 g/mol. The summed E-state index contributed by atoms with van der Waals surface area (Å²) in [5, 5.41) is 3.93. The van der Waals surface area contributed by atoms with Crippen LogP contribution >= 0.6 is 0 Å². The van der Waals surface area contributed by atoms with Crippen LogP contribution in [0.4, 0.5) is 0 Å². The third-order valence-electron chi connectivity index (χ3n) is 3.46. The Hall–Kier alpha value is -1.94. The molecule has 0 atom stereocenters. The molecule has 0 aliphatic rings. The van der Waals surface area contributed by atoms with E-state index in [0.29, 0.717) is 12.1 Å². The third-order valence-corrected chi connectivity index (χ3v) is 3.46. The summed E-state index contributed by atoms with van der Waals surface area (Å²) in [5.41, 5.74) is 1.52. The van der Waals surface area contributed by atoms with Gasteiger partial charge in [-0.1, -0.05) is 32.0 Å². The van der Waals surface area contributed by atoms with E-state index in [1.807, 2.05) is 30.3 Å². The fraction of sp³-hybridized carbons (Fsp3) is 0.375. The van der Waals surface area contributed by atoms with Crippen LogP contribution in [-0.2, 0) is 0 Å². The molecule has 0 fully saturated rings. The van der Waals surface area contributed by atoms with Crippen LogP contribution in [0.1, 0.15) is 24.2 Å². The molecule has 2 rings (SSSR count). The van der Waals surface area contributed by atoms with E-state index in [1.165, 1.54) is 0 Å². The molecule has 1 heterocycles. The second-order valence-electron chi connectivity index (χ2n) is 4.70. The van der Waals surface area contributed by atoms with Crippen molar-refractivity contribution < 1.29 is 4.79 Å². The van der Waals surface area contributed by atoms with Gasteiger partial charge in [-0.2, -0.15) is 0 Å². The van der Waals surface area contributed by atoms with E-state index in [0.717, 1.165) is 30.5 Å². The van der Waals surface area contributed by atoms with Crippen LogP contribution in [-0.4, -0.2) is 42.0 Å². The number of carbonyl (C=O) groups is 1. The Morgan fingerprint density at radius 1 is 1.25 bits per heavy atom. The number of nitrogens with one attached hydrogen (secondary N) is 1. The maximum absolute atomic E-state index is 12.1. The van der Waals surface area contributed by atoms with Gasteiger partial charge in [0.05, 0.1) is 11.1 Å². The van der Waals surface area contributed by atoms with Crippen molar-refractivity contribution in [3.63, 3.8) is 0 Å². The summed E-state index contributed by atoms with van der Waals surface area (Å²) in [6.07, 6.45) is 1.63. The SMILES string of the molecule is CCN(CC)CCNC(=O)c1cnc2ccccc2c1. The minimum atomic E-state index is -0.0598. The van der Waals surface area contributed by atoms with Crippen molar-refractivity contribution >= 4 is 16.8 Å². The summed E-state index contributed by atoms with van der Waals surface area (Å²) in [4.78, 5) is 18.7. The van der Waals surface area contributed by atoms with E-state index in [1.54, 1.807) is 6.20 Å². The fourth-order valence-corrected chi connectivity index (χ4v) is 2.16. The molecule has 0 saturated carbocycles. The number of para-hydroxylation sites is 1. The minimum absolute atomic E-state index is 0.0598. The lowest BCUT2D eigenvalue weighted by Gasteiger charge is -2.17. The van der Waals surface area contributed by atoms with Gasteiger partial charge >= 0.3 is 0 Å². The molecule has 1 aromatic carbocycles. The standard InChI is InChI=1S/C16H21N3O/c1-3-19(4-2)10-9-17-16(20)14-11-13-7-5-6-8-15(13)18-12-14/h5-8,11-12H,3-4,9-10H2,1-2H3,(H,17,20). The van der Waals surface area contributed by atoms with Gasteiger partial charge < -0.3 is 10.2 Å². The maximum atomic E-state index is 12.1. The van der Waals surface area contributed by atoms with Gasteiger partial charge in [0.15, 0.2) is 0 Å². The van der Waals surface area contributed by atoms with Crippen molar-refractivity contribution in [1.82, 2.24) is 15.2 Å². The second-order valence-corrected chi connectivity index (χ2v) is 4.70. The van der Waals surface area contributed by atoms with Crippen LogP contribution in [0.3, 0.4) is 0 Å². The summed E-state index contributed by atoms with van der Waals surface area (Å²) in [6, 6.07) is 9.69. The predicted molar refractivity (Wildman–Crippen MR) is 81.9 cm³/mol. The first-order valence-electron chi connectivity index (χ1n) is 7.10. The van der Waals surface area contributed by atoms with Crippen LogP contribution in [0.15, 0.2) is 36.5 Å². The van der Waals surface area contributed by atoms with Gasteiger partial charge in [0.1, 0.15) is 0 Å². The normalized spacial score (nSPS) is 10.9. The molecule has 0 bridgehead atoms. The largest absolute Gasteiger partial charge is 0.351 e. The van der Waals surface area contributed by atoms with Gasteiger partial charge in [-0.15, -0.1) is 0 Å². The fourth-order valence-electron chi connectivity index (χ4n) is 2.16. The van der Waals surface area contributed by atoms with Crippen molar-refractivity contribution in [3.8, 4) is 0 Å². The van der Waals surface area contributed by atoms with Crippen molar-refractivity contribution in [2.75, 3.05) is 26.2 Å². The first kappa shape index (κ1) is 14.5. The quantitative estimate of drug-likeness (QED) is 0.877. The number of benzene rings is 1. The molecule has 0 aliphatic heterocycles. The molecule has 0 aliphatic carbocycles. The smallest absolute Gasteiger partial charge is 0.252 e. The number of likely N-dealkylation sites (N-methyl/N-ethyl adjacent to an activating group) is 1. The molecule has 4 heteroatoms. The average Bonchev–Trinajstić information content (AvgIpc) is 2.51. The highest BCUT2D eigenvalue weighted by Gasteiger charge is 2.07. The molecule has 0 saturated heterocycles. The molecule has 20 heavy (non-hydrogen) atoms. The van der Waals surface area contributed by atoms with Crippen molar-refractivity contribution in [2.24, 2.45) is 0 Å². The van der Waals surface area contributed by atoms with Crippen LogP contribution in [0.2, 0.25) is 0 Å². The van der Waals surface area contributed by atoms with E-state index in [2.05, 4.69) is 29.0 Å². The number of fused-ring (bicyclic) bond motifs is 1. The lowest BCUT2D eigenvalue weighted by Crippen LogP contribution is -2.34. The minimum Gasteiger partial charge on any atom is -0.351 e. The predicted octanol–water partition coefficient (Wildman–Crippen LogP) is 2.31. The highest BCUT2D eigenvalue weighted by atomic mass is 16.1. The molecule has 2 aromatic rings. The first-order valence-corrected chi connectivity index (χ1v) is 7.10. The molecule has 0 radical (unpaired) electrons. The second kappa shape index (κ2) is 7.01. The third kappa shape index (κ3) is 3.54. The summed E-state index contributed by atoms with van der Waals surface area (Å²) in [5.74, 6) is -0.0598. The van der Waals surface area contributed by atoms with Crippen LogP contribution < -0.4 is 5.32 Å². The molecule has 0 unspecified atom stereocenters. The van der Waals surface area contributed by atoms with Gasteiger partial charge in [-0.25, -0.2) is 0 Å². The zero-order valence-electron chi connectivity index (χ0n) is 12.1. The molecule has 0 spiro atoms. The summed E-state index contributed by atoms with van der Waals surface area (Å²) in [6.45, 7) is 7.79. The Morgan fingerprint density at radius 3 is 2.75 bits per heavy atom. The molecule has 1 amide bonds. The molecule has 1 N–H and O–H groups in total. The van der Waals surface area contributed by atoms with Crippen molar-refractivity contribution in [3.05, 3.63) is 42.1 Å². The molecule has 106 valence electrons. The zero-order valence-corrected chi connectivity index (χ0v) is 12.1. The highest BCUT2D eigenvalue weighted by Crippen LogP contribution is 2.12. The van der Waals surface area contributed by atoms with Gasteiger partial charge in [0.25, 0.3) is 5.91 Å². The van der Waals surface area contributed by atoms with Gasteiger partial charge in [-0.3, -0.25) is 9.78 Å². The Labute approximate surface area is 119 Å². The number of carbonyl (C=O) groups excluding carboxylic acids is 1. The van der Waals surface area contributed by atoms with Gasteiger partial charge in [0.2, 0.25) is 0 Å². The van der Waals surface area contributed by atoms with Crippen LogP contribution in [0, 0.1) is 0 Å². The number of nitrogens with zero attached hydrogens (tertiary/aromatic N) is 2. The van der Waals surface area contributed by atoms with Gasteiger partial charge in [0, 0.05) is 24.7 Å². The average molecular weight is 271 g/mol. The number of amides is 1. The van der Waals surface area contributed by atoms with E-state index in [9.17, 15) is 4.79 Å².